The highest BCUT2D eigenvalue weighted by Gasteiger charge is 2.15. The first-order chi connectivity index (χ1) is 11.1. The van der Waals surface area contributed by atoms with Crippen LogP contribution in [0.3, 0.4) is 0 Å². The smallest absolute Gasteiger partial charge is 0.339 e. The molecule has 2 aromatic carbocycles. The summed E-state index contributed by atoms with van der Waals surface area (Å²) in [5.41, 5.74) is 1.48. The van der Waals surface area contributed by atoms with Gasteiger partial charge in [-0.05, 0) is 30.9 Å². The molecule has 2 aromatic rings. The number of esters is 1. The van der Waals surface area contributed by atoms with Crippen LogP contribution in [0.4, 0.5) is 0 Å². The molecule has 1 atom stereocenters. The highest BCUT2D eigenvalue weighted by molar-refractivity contribution is 7.98. The molecule has 4 nitrogen and oxygen atoms in total. The number of hydrogen-bond donors (Lipinski definition) is 1. The number of thioether (sulfide) groups is 1. The van der Waals surface area contributed by atoms with E-state index < -0.39 is 5.97 Å². The Morgan fingerprint density at radius 2 is 1.74 bits per heavy atom. The summed E-state index contributed by atoms with van der Waals surface area (Å²) >= 11 is 1.46. The molecule has 0 aromatic heterocycles. The van der Waals surface area contributed by atoms with E-state index in [0.29, 0.717) is 5.56 Å². The molecular formula is C18H19NO3S. The van der Waals surface area contributed by atoms with Crippen LogP contribution in [0.15, 0.2) is 59.5 Å². The number of carbonyl (C=O) groups is 2. The number of ether oxygens (including phenoxy) is 1. The van der Waals surface area contributed by atoms with E-state index in [9.17, 15) is 9.59 Å². The van der Waals surface area contributed by atoms with Gasteiger partial charge in [-0.3, -0.25) is 4.79 Å². The van der Waals surface area contributed by atoms with Crippen LogP contribution in [0.2, 0.25) is 0 Å². The van der Waals surface area contributed by atoms with E-state index in [1.807, 2.05) is 55.6 Å². The molecule has 0 fully saturated rings. The lowest BCUT2D eigenvalue weighted by molar-refractivity contribution is -0.124. The third kappa shape index (κ3) is 4.86. The molecule has 0 spiro atoms. The summed E-state index contributed by atoms with van der Waals surface area (Å²) in [4.78, 5) is 24.8. The predicted octanol–water partition coefficient (Wildman–Crippen LogP) is 3.44. The van der Waals surface area contributed by atoms with Gasteiger partial charge in [0, 0.05) is 4.90 Å². The first-order valence-corrected chi connectivity index (χ1v) is 8.48. The van der Waals surface area contributed by atoms with Crippen molar-refractivity contribution in [3.8, 4) is 0 Å². The molecule has 0 aliphatic carbocycles. The monoisotopic (exact) mass is 329 g/mol. The molecule has 0 bridgehead atoms. The Hall–Kier alpha value is -2.27. The Bertz CT molecular complexity index is 673. The number of amides is 1. The van der Waals surface area contributed by atoms with Gasteiger partial charge in [0.15, 0.2) is 6.61 Å². The van der Waals surface area contributed by atoms with Gasteiger partial charge in [-0.1, -0.05) is 42.5 Å². The summed E-state index contributed by atoms with van der Waals surface area (Å²) in [6, 6.07) is 16.7. The van der Waals surface area contributed by atoms with Gasteiger partial charge in [-0.15, -0.1) is 11.8 Å². The number of carbonyl (C=O) groups excluding carboxylic acids is 2. The van der Waals surface area contributed by atoms with Crippen LogP contribution in [0.1, 0.15) is 28.9 Å². The summed E-state index contributed by atoms with van der Waals surface area (Å²) in [6.07, 6.45) is 1.89. The molecule has 0 unspecified atom stereocenters. The maximum atomic E-state index is 12.1. The molecule has 120 valence electrons. The Kier molecular flexibility index (Phi) is 6.23. The molecule has 0 radical (unpaired) electrons. The van der Waals surface area contributed by atoms with Gasteiger partial charge in [0.25, 0.3) is 5.91 Å². The Balaban J connectivity index is 1.88. The third-order valence-corrected chi connectivity index (χ3v) is 4.13. The molecule has 0 saturated carbocycles. The fourth-order valence-electron chi connectivity index (χ4n) is 2.13. The topological polar surface area (TPSA) is 55.4 Å². The van der Waals surface area contributed by atoms with Gasteiger partial charge in [-0.25, -0.2) is 4.79 Å². The molecule has 1 amide bonds. The third-order valence-electron chi connectivity index (χ3n) is 3.34. The Morgan fingerprint density at radius 1 is 1.09 bits per heavy atom. The van der Waals surface area contributed by atoms with Gasteiger partial charge in [0.05, 0.1) is 11.6 Å². The van der Waals surface area contributed by atoms with Crippen molar-refractivity contribution in [3.63, 3.8) is 0 Å². The van der Waals surface area contributed by atoms with E-state index in [2.05, 4.69) is 5.32 Å². The van der Waals surface area contributed by atoms with Gasteiger partial charge in [0.1, 0.15) is 0 Å². The summed E-state index contributed by atoms with van der Waals surface area (Å²) in [5.74, 6) is -0.811. The molecular weight excluding hydrogens is 310 g/mol. The van der Waals surface area contributed by atoms with Crippen LogP contribution in [0.5, 0.6) is 0 Å². The fourth-order valence-corrected chi connectivity index (χ4v) is 2.72. The summed E-state index contributed by atoms with van der Waals surface area (Å²) in [7, 11) is 0. The molecule has 0 aliphatic heterocycles. The van der Waals surface area contributed by atoms with Crippen LogP contribution < -0.4 is 5.32 Å². The largest absolute Gasteiger partial charge is 0.452 e. The minimum absolute atomic E-state index is 0.138. The van der Waals surface area contributed by atoms with Gasteiger partial charge >= 0.3 is 5.97 Å². The molecule has 0 saturated heterocycles. The Morgan fingerprint density at radius 3 is 2.43 bits per heavy atom. The van der Waals surface area contributed by atoms with E-state index in [1.54, 1.807) is 12.1 Å². The van der Waals surface area contributed by atoms with Crippen LogP contribution in [0, 0.1) is 0 Å². The maximum absolute atomic E-state index is 12.1. The van der Waals surface area contributed by atoms with Crippen molar-refractivity contribution in [1.82, 2.24) is 5.32 Å². The number of hydrogen-bond acceptors (Lipinski definition) is 4. The number of benzene rings is 2. The zero-order chi connectivity index (χ0) is 16.7. The van der Waals surface area contributed by atoms with Gasteiger partial charge < -0.3 is 10.1 Å². The SMILES string of the molecule is CSc1ccccc1C(=O)OCC(=O)N[C@@H](C)c1ccccc1. The van der Waals surface area contributed by atoms with Crippen molar-refractivity contribution in [2.75, 3.05) is 12.9 Å². The van der Waals surface area contributed by atoms with Gasteiger partial charge in [0.2, 0.25) is 0 Å². The summed E-state index contributed by atoms with van der Waals surface area (Å²) in [6.45, 7) is 1.59. The molecule has 23 heavy (non-hydrogen) atoms. The van der Waals surface area contributed by atoms with Gasteiger partial charge in [-0.2, -0.15) is 0 Å². The standard InChI is InChI=1S/C18H19NO3S/c1-13(14-8-4-3-5-9-14)19-17(20)12-22-18(21)15-10-6-7-11-16(15)23-2/h3-11,13H,12H2,1-2H3,(H,19,20)/t13-/m0/s1. The van der Waals surface area contributed by atoms with Crippen LogP contribution in [0.25, 0.3) is 0 Å². The van der Waals surface area contributed by atoms with E-state index in [1.165, 1.54) is 11.8 Å². The van der Waals surface area contributed by atoms with E-state index >= 15 is 0 Å². The highest BCUT2D eigenvalue weighted by Crippen LogP contribution is 2.20. The number of rotatable bonds is 6. The second-order valence-corrected chi connectivity index (χ2v) is 5.82. The molecule has 1 N–H and O–H groups in total. The minimum atomic E-state index is -0.488. The zero-order valence-corrected chi connectivity index (χ0v) is 13.9. The fraction of sp³-hybridized carbons (Fsp3) is 0.222. The van der Waals surface area contributed by atoms with Crippen LogP contribution in [-0.4, -0.2) is 24.7 Å². The average Bonchev–Trinajstić information content (AvgIpc) is 2.60. The van der Waals surface area contributed by atoms with Crippen molar-refractivity contribution >= 4 is 23.6 Å². The maximum Gasteiger partial charge on any atom is 0.339 e. The lowest BCUT2D eigenvalue weighted by Crippen LogP contribution is -2.31. The van der Waals surface area contributed by atoms with Crippen molar-refractivity contribution in [2.24, 2.45) is 0 Å². The quantitative estimate of drug-likeness (QED) is 0.651. The predicted molar refractivity (Wildman–Crippen MR) is 91.5 cm³/mol. The van der Waals surface area contributed by atoms with Crippen molar-refractivity contribution < 1.29 is 14.3 Å². The van der Waals surface area contributed by atoms with Crippen LogP contribution >= 0.6 is 11.8 Å². The van der Waals surface area contributed by atoms with Crippen LogP contribution in [-0.2, 0) is 9.53 Å². The van der Waals surface area contributed by atoms with Crippen molar-refractivity contribution in [2.45, 2.75) is 17.9 Å². The van der Waals surface area contributed by atoms with Crippen molar-refractivity contribution in [1.29, 1.82) is 0 Å². The lowest BCUT2D eigenvalue weighted by Gasteiger charge is -2.14. The summed E-state index contributed by atoms with van der Waals surface area (Å²) < 4.78 is 5.10. The molecule has 0 aliphatic rings. The zero-order valence-electron chi connectivity index (χ0n) is 13.1. The molecule has 2 rings (SSSR count). The average molecular weight is 329 g/mol. The highest BCUT2D eigenvalue weighted by atomic mass is 32.2. The van der Waals surface area contributed by atoms with E-state index in [4.69, 9.17) is 4.74 Å². The minimum Gasteiger partial charge on any atom is -0.452 e. The van der Waals surface area contributed by atoms with Crippen molar-refractivity contribution in [3.05, 3.63) is 65.7 Å². The first-order valence-electron chi connectivity index (χ1n) is 7.26. The molecule has 5 heteroatoms. The Labute approximate surface area is 140 Å². The first kappa shape index (κ1) is 17.1. The van der Waals surface area contributed by atoms with E-state index in [-0.39, 0.29) is 18.6 Å². The second-order valence-electron chi connectivity index (χ2n) is 4.98. The normalized spacial score (nSPS) is 11.6. The summed E-state index contributed by atoms with van der Waals surface area (Å²) in [5, 5.41) is 2.81. The molecule has 0 heterocycles. The number of nitrogens with one attached hydrogen (secondary N) is 1. The van der Waals surface area contributed by atoms with E-state index in [0.717, 1.165) is 10.5 Å². The lowest BCUT2D eigenvalue weighted by atomic mass is 10.1. The second kappa shape index (κ2) is 8.39.